The van der Waals surface area contributed by atoms with Crippen LogP contribution in [0.15, 0.2) is 84.9 Å². The fourth-order valence-corrected chi connectivity index (χ4v) is 12.6. The van der Waals surface area contributed by atoms with E-state index < -0.39 is 25.6 Å². The monoisotopic (exact) mass is 596 g/mol. The summed E-state index contributed by atoms with van der Waals surface area (Å²) in [7, 11) is -1.46. The maximum atomic E-state index is 14.0. The van der Waals surface area contributed by atoms with Crippen LogP contribution in [0.4, 0.5) is 5.69 Å². The lowest BCUT2D eigenvalue weighted by Gasteiger charge is -2.45. The molecule has 3 aromatic carbocycles. The van der Waals surface area contributed by atoms with Crippen molar-refractivity contribution in [1.82, 2.24) is 4.90 Å². The van der Waals surface area contributed by atoms with Crippen molar-refractivity contribution in [2.24, 2.45) is 11.8 Å². The highest BCUT2D eigenvalue weighted by molar-refractivity contribution is 6.99. The van der Waals surface area contributed by atoms with E-state index in [1.54, 1.807) is 4.90 Å². The van der Waals surface area contributed by atoms with Crippen molar-refractivity contribution in [3.8, 4) is 0 Å². The normalized spacial score (nSPS) is 24.9. The summed E-state index contributed by atoms with van der Waals surface area (Å²) in [5, 5.41) is 5.23. The van der Waals surface area contributed by atoms with Crippen LogP contribution in [0.2, 0.25) is 5.04 Å². The van der Waals surface area contributed by atoms with Gasteiger partial charge in [-0.3, -0.25) is 14.4 Å². The van der Waals surface area contributed by atoms with Gasteiger partial charge in [0.05, 0.1) is 18.6 Å². The summed E-state index contributed by atoms with van der Waals surface area (Å²) in [5.41, 5.74) is 0.937. The first-order chi connectivity index (χ1) is 20.6. The number of hydrogen-bond donors (Lipinski definition) is 1. The molecule has 8 heteroatoms. The Morgan fingerprint density at radius 3 is 2.16 bits per heavy atom. The number of fused-ring (bicyclic) bond motifs is 4. The van der Waals surface area contributed by atoms with Gasteiger partial charge in [0.2, 0.25) is 11.8 Å². The van der Waals surface area contributed by atoms with Gasteiger partial charge in [-0.25, -0.2) is 0 Å². The Morgan fingerprint density at radius 2 is 1.56 bits per heavy atom. The molecule has 3 aliphatic heterocycles. The van der Waals surface area contributed by atoms with Crippen LogP contribution in [0.3, 0.4) is 0 Å². The number of nitrogens with one attached hydrogen (secondary N) is 1. The summed E-state index contributed by atoms with van der Waals surface area (Å²) in [6, 6.07) is 28.3. The first kappa shape index (κ1) is 29.3. The molecule has 0 bridgehead atoms. The number of ether oxygens (including phenoxy) is 1. The summed E-state index contributed by atoms with van der Waals surface area (Å²) in [5.74, 6) is -2.06. The second kappa shape index (κ2) is 11.1. The standard InChI is InChI=1S/C35H40N2O5Si/c1-34(2,3)43(25-13-7-5-8-14-25,26-15-9-6-10-16-26)42-22-19-24-23-29-35(27-17-11-12-18-28(27)36-33(35)40)20-21-37(29)31(38)30(24)32(39)41-4/h5-18,24,29-30H,19-23H2,1-4H3,(H,36,40)/t24-,29-,30+,35-/m0/s1. The van der Waals surface area contributed by atoms with E-state index in [1.807, 2.05) is 36.4 Å². The van der Waals surface area contributed by atoms with Crippen LogP contribution >= 0.6 is 0 Å². The predicted molar refractivity (Wildman–Crippen MR) is 169 cm³/mol. The third-order valence-electron chi connectivity index (χ3n) is 9.98. The zero-order chi connectivity index (χ0) is 30.4. The number of esters is 1. The third kappa shape index (κ3) is 4.54. The molecule has 2 amide bonds. The number of carbonyl (C=O) groups is 3. The van der Waals surface area contributed by atoms with Crippen LogP contribution in [-0.4, -0.2) is 57.3 Å². The summed E-state index contributed by atoms with van der Waals surface area (Å²) in [6.45, 7) is 7.51. The first-order valence-corrected chi connectivity index (χ1v) is 17.1. The predicted octanol–water partition coefficient (Wildman–Crippen LogP) is 4.25. The molecule has 4 atom stereocenters. The Hall–Kier alpha value is -3.75. The highest BCUT2D eigenvalue weighted by Gasteiger charge is 2.63. The molecule has 0 unspecified atom stereocenters. The van der Waals surface area contributed by atoms with E-state index in [2.05, 4.69) is 74.6 Å². The molecule has 0 saturated carbocycles. The molecule has 3 aromatic rings. The number of benzene rings is 3. The largest absolute Gasteiger partial charge is 0.468 e. The number of nitrogens with zero attached hydrogens (tertiary/aromatic N) is 1. The summed E-state index contributed by atoms with van der Waals surface area (Å²) in [4.78, 5) is 42.5. The van der Waals surface area contributed by atoms with Crippen LogP contribution in [0, 0.1) is 11.8 Å². The van der Waals surface area contributed by atoms with E-state index in [1.165, 1.54) is 17.5 Å². The molecule has 0 aromatic heterocycles. The lowest BCUT2D eigenvalue weighted by atomic mass is 9.68. The minimum Gasteiger partial charge on any atom is -0.468 e. The molecule has 2 saturated heterocycles. The van der Waals surface area contributed by atoms with Gasteiger partial charge in [0.25, 0.3) is 8.32 Å². The van der Waals surface area contributed by atoms with Crippen LogP contribution in [0.5, 0.6) is 0 Å². The Labute approximate surface area is 254 Å². The van der Waals surface area contributed by atoms with Gasteiger partial charge in [0, 0.05) is 18.8 Å². The second-order valence-electron chi connectivity index (χ2n) is 13.1. The maximum absolute atomic E-state index is 14.0. The number of amides is 2. The van der Waals surface area contributed by atoms with Crippen LogP contribution in [0.1, 0.15) is 45.6 Å². The van der Waals surface area contributed by atoms with Crippen molar-refractivity contribution in [2.45, 2.75) is 56.5 Å². The average Bonchev–Trinajstić information content (AvgIpc) is 3.53. The van der Waals surface area contributed by atoms with Crippen LogP contribution in [-0.2, 0) is 29.0 Å². The fourth-order valence-electron chi connectivity index (χ4n) is 8.03. The average molecular weight is 597 g/mol. The van der Waals surface area contributed by atoms with Crippen molar-refractivity contribution in [3.63, 3.8) is 0 Å². The molecule has 1 N–H and O–H groups in total. The van der Waals surface area contributed by atoms with Crippen molar-refractivity contribution >= 4 is 42.2 Å². The second-order valence-corrected chi connectivity index (χ2v) is 17.4. The van der Waals surface area contributed by atoms with Gasteiger partial charge < -0.3 is 19.4 Å². The number of para-hydroxylation sites is 1. The summed E-state index contributed by atoms with van der Waals surface area (Å²) >= 11 is 0. The van der Waals surface area contributed by atoms with Gasteiger partial charge in [0.1, 0.15) is 5.92 Å². The highest BCUT2D eigenvalue weighted by Crippen LogP contribution is 2.53. The molecule has 3 aliphatic rings. The van der Waals surface area contributed by atoms with E-state index in [9.17, 15) is 14.4 Å². The van der Waals surface area contributed by atoms with Gasteiger partial charge in [-0.05, 0) is 52.2 Å². The molecule has 1 spiro atoms. The lowest BCUT2D eigenvalue weighted by Crippen LogP contribution is -2.66. The van der Waals surface area contributed by atoms with Crippen molar-refractivity contribution in [2.75, 3.05) is 25.6 Å². The molecule has 7 nitrogen and oxygen atoms in total. The highest BCUT2D eigenvalue weighted by atomic mass is 28.4. The number of piperidine rings is 1. The minimum absolute atomic E-state index is 0.0622. The number of hydrogen-bond acceptors (Lipinski definition) is 5. The first-order valence-electron chi connectivity index (χ1n) is 15.2. The maximum Gasteiger partial charge on any atom is 0.318 e. The summed E-state index contributed by atoms with van der Waals surface area (Å²) in [6.07, 6.45) is 1.56. The quantitative estimate of drug-likeness (QED) is 0.251. The van der Waals surface area contributed by atoms with E-state index in [-0.39, 0.29) is 28.8 Å². The van der Waals surface area contributed by atoms with Gasteiger partial charge in [-0.1, -0.05) is 99.6 Å². The number of anilines is 1. The zero-order valence-electron chi connectivity index (χ0n) is 25.3. The van der Waals surface area contributed by atoms with Gasteiger partial charge in [-0.2, -0.15) is 0 Å². The fraction of sp³-hybridized carbons (Fsp3) is 0.400. The number of carbonyl (C=O) groups excluding carboxylic acids is 3. The minimum atomic E-state index is -2.80. The van der Waals surface area contributed by atoms with E-state index >= 15 is 0 Å². The van der Waals surface area contributed by atoms with Crippen molar-refractivity contribution in [1.29, 1.82) is 0 Å². The number of methoxy groups -OCH3 is 1. The van der Waals surface area contributed by atoms with Crippen molar-refractivity contribution < 1.29 is 23.5 Å². The van der Waals surface area contributed by atoms with Gasteiger partial charge in [-0.15, -0.1) is 0 Å². The Kier molecular flexibility index (Phi) is 7.55. The van der Waals surface area contributed by atoms with E-state index in [0.717, 1.165) is 11.3 Å². The van der Waals surface area contributed by atoms with Crippen LogP contribution < -0.4 is 15.7 Å². The van der Waals surface area contributed by atoms with E-state index in [4.69, 9.17) is 9.16 Å². The molecule has 0 radical (unpaired) electrons. The van der Waals surface area contributed by atoms with E-state index in [0.29, 0.717) is 32.4 Å². The molecular weight excluding hydrogens is 556 g/mol. The molecule has 224 valence electrons. The van der Waals surface area contributed by atoms with Crippen LogP contribution in [0.25, 0.3) is 0 Å². The number of rotatable bonds is 7. The summed E-state index contributed by atoms with van der Waals surface area (Å²) < 4.78 is 12.3. The van der Waals surface area contributed by atoms with Crippen molar-refractivity contribution in [3.05, 3.63) is 90.5 Å². The third-order valence-corrected chi connectivity index (χ3v) is 15.0. The molecule has 2 fully saturated rings. The molecule has 3 heterocycles. The SMILES string of the molecule is COC(=O)[C@H]1C(=O)N2CC[C@@]3(C(=O)Nc4ccccc43)[C@@H]2C[C@@H]1CCO[Si](c1ccccc1)(c1ccccc1)C(C)(C)C. The lowest BCUT2D eigenvalue weighted by molar-refractivity contribution is -0.161. The molecule has 6 rings (SSSR count). The van der Waals surface area contributed by atoms with Gasteiger partial charge in [0.15, 0.2) is 0 Å². The molecule has 43 heavy (non-hydrogen) atoms. The Morgan fingerprint density at radius 1 is 0.953 bits per heavy atom. The molecular formula is C35H40N2O5Si. The molecule has 0 aliphatic carbocycles. The Balaban J connectivity index is 1.34. The van der Waals surface area contributed by atoms with Gasteiger partial charge >= 0.3 is 5.97 Å². The smallest absolute Gasteiger partial charge is 0.318 e. The Bertz CT molecular complexity index is 1480. The zero-order valence-corrected chi connectivity index (χ0v) is 26.3. The topological polar surface area (TPSA) is 84.9 Å².